The SMILES string of the molecule is Cc1ccc(-c2cn[nH]c2C2CCCN(Cc3cc4ccccc4[nH]3)C2)cc1. The van der Waals surface area contributed by atoms with Crippen molar-refractivity contribution in [2.24, 2.45) is 0 Å². The van der Waals surface area contributed by atoms with Gasteiger partial charge in [-0.05, 0) is 49.4 Å². The zero-order chi connectivity index (χ0) is 18.9. The number of hydrogen-bond acceptors (Lipinski definition) is 2. The fourth-order valence-electron chi connectivity index (χ4n) is 4.46. The van der Waals surface area contributed by atoms with Gasteiger partial charge in [-0.1, -0.05) is 48.0 Å². The highest BCUT2D eigenvalue weighted by Gasteiger charge is 2.25. The lowest BCUT2D eigenvalue weighted by molar-refractivity contribution is 0.197. The number of piperidine rings is 1. The van der Waals surface area contributed by atoms with Gasteiger partial charge in [0.25, 0.3) is 0 Å². The molecule has 0 spiro atoms. The predicted octanol–water partition coefficient (Wildman–Crippen LogP) is 5.25. The van der Waals surface area contributed by atoms with Gasteiger partial charge in [0.15, 0.2) is 0 Å². The van der Waals surface area contributed by atoms with Gasteiger partial charge in [-0.25, -0.2) is 0 Å². The Hall–Kier alpha value is -2.85. The maximum atomic E-state index is 4.38. The summed E-state index contributed by atoms with van der Waals surface area (Å²) in [5.74, 6) is 0.497. The highest BCUT2D eigenvalue weighted by molar-refractivity contribution is 5.80. The Bertz CT molecular complexity index is 1040. The Kier molecular flexibility index (Phi) is 4.49. The first-order valence-electron chi connectivity index (χ1n) is 10.2. The fourth-order valence-corrected chi connectivity index (χ4v) is 4.46. The molecular weight excluding hydrogens is 344 g/mol. The van der Waals surface area contributed by atoms with Crippen LogP contribution in [0, 0.1) is 6.92 Å². The van der Waals surface area contributed by atoms with Crippen LogP contribution in [0.1, 0.15) is 35.7 Å². The average molecular weight is 371 g/mol. The summed E-state index contributed by atoms with van der Waals surface area (Å²) in [6.07, 6.45) is 4.41. The summed E-state index contributed by atoms with van der Waals surface area (Å²) in [5.41, 5.74) is 7.59. The van der Waals surface area contributed by atoms with Crippen LogP contribution in [0.2, 0.25) is 0 Å². The maximum absolute atomic E-state index is 4.38. The van der Waals surface area contributed by atoms with Gasteiger partial charge in [-0.15, -0.1) is 0 Å². The van der Waals surface area contributed by atoms with E-state index in [4.69, 9.17) is 0 Å². The lowest BCUT2D eigenvalue weighted by atomic mass is 9.90. The molecule has 5 rings (SSSR count). The number of hydrogen-bond donors (Lipinski definition) is 2. The van der Waals surface area contributed by atoms with Crippen LogP contribution < -0.4 is 0 Å². The lowest BCUT2D eigenvalue weighted by Gasteiger charge is -2.32. The van der Waals surface area contributed by atoms with Gasteiger partial charge >= 0.3 is 0 Å². The second-order valence-corrected chi connectivity index (χ2v) is 8.02. The number of rotatable bonds is 4. The molecule has 0 saturated carbocycles. The third-order valence-corrected chi connectivity index (χ3v) is 5.92. The summed E-state index contributed by atoms with van der Waals surface area (Å²) in [5, 5.41) is 8.99. The molecule has 1 unspecified atom stereocenters. The van der Waals surface area contributed by atoms with Crippen molar-refractivity contribution in [2.75, 3.05) is 13.1 Å². The minimum Gasteiger partial charge on any atom is -0.357 e. The van der Waals surface area contributed by atoms with Crippen molar-refractivity contribution < 1.29 is 0 Å². The van der Waals surface area contributed by atoms with Crippen LogP contribution in [0.3, 0.4) is 0 Å². The summed E-state index contributed by atoms with van der Waals surface area (Å²) >= 11 is 0. The van der Waals surface area contributed by atoms with Gasteiger partial charge < -0.3 is 4.98 Å². The van der Waals surface area contributed by atoms with Crippen LogP contribution in [0.4, 0.5) is 0 Å². The zero-order valence-corrected chi connectivity index (χ0v) is 16.3. The van der Waals surface area contributed by atoms with Gasteiger partial charge in [0, 0.05) is 41.5 Å². The molecule has 0 bridgehead atoms. The molecule has 0 amide bonds. The number of aromatic amines is 2. The fraction of sp³-hybridized carbons (Fsp3) is 0.292. The van der Waals surface area contributed by atoms with Crippen molar-refractivity contribution in [1.82, 2.24) is 20.1 Å². The third kappa shape index (κ3) is 3.36. The van der Waals surface area contributed by atoms with Crippen molar-refractivity contribution in [1.29, 1.82) is 0 Å². The van der Waals surface area contributed by atoms with Crippen LogP contribution in [0.5, 0.6) is 0 Å². The van der Waals surface area contributed by atoms with E-state index in [0.29, 0.717) is 5.92 Å². The number of likely N-dealkylation sites (tertiary alicyclic amines) is 1. The molecule has 2 N–H and O–H groups in total. The average Bonchev–Trinajstić information content (AvgIpc) is 3.35. The summed E-state index contributed by atoms with van der Waals surface area (Å²) in [4.78, 5) is 6.14. The van der Waals surface area contributed by atoms with Crippen LogP contribution in [0.25, 0.3) is 22.0 Å². The van der Waals surface area contributed by atoms with Crippen molar-refractivity contribution in [3.63, 3.8) is 0 Å². The standard InChI is InChI=1S/C24H26N4/c1-17-8-10-18(11-9-17)22-14-25-27-24(22)20-6-4-12-28(15-20)16-21-13-19-5-2-3-7-23(19)26-21/h2-3,5,7-11,13-14,20,26H,4,6,12,15-16H2,1H3,(H,25,27). The highest BCUT2D eigenvalue weighted by Crippen LogP contribution is 2.33. The van der Waals surface area contributed by atoms with Crippen LogP contribution >= 0.6 is 0 Å². The first-order valence-corrected chi connectivity index (χ1v) is 10.2. The number of fused-ring (bicyclic) bond motifs is 1. The minimum absolute atomic E-state index is 0.497. The molecule has 0 radical (unpaired) electrons. The molecule has 0 aliphatic carbocycles. The van der Waals surface area contributed by atoms with E-state index >= 15 is 0 Å². The summed E-state index contributed by atoms with van der Waals surface area (Å²) in [6.45, 7) is 5.32. The normalized spacial score (nSPS) is 18.0. The maximum Gasteiger partial charge on any atom is 0.0568 e. The van der Waals surface area contributed by atoms with E-state index in [9.17, 15) is 0 Å². The van der Waals surface area contributed by atoms with Crippen LogP contribution in [-0.2, 0) is 6.54 Å². The van der Waals surface area contributed by atoms with Gasteiger partial charge in [0.2, 0.25) is 0 Å². The van der Waals surface area contributed by atoms with E-state index in [-0.39, 0.29) is 0 Å². The zero-order valence-electron chi connectivity index (χ0n) is 16.3. The van der Waals surface area contributed by atoms with E-state index in [1.165, 1.54) is 51.8 Å². The van der Waals surface area contributed by atoms with E-state index in [2.05, 4.69) is 81.6 Å². The molecule has 4 heteroatoms. The first-order chi connectivity index (χ1) is 13.8. The molecule has 1 saturated heterocycles. The number of nitrogens with zero attached hydrogens (tertiary/aromatic N) is 2. The minimum atomic E-state index is 0.497. The summed E-state index contributed by atoms with van der Waals surface area (Å²) in [6, 6.07) is 19.6. The van der Waals surface area contributed by atoms with Crippen molar-refractivity contribution >= 4 is 10.9 Å². The van der Waals surface area contributed by atoms with Gasteiger partial charge in [-0.3, -0.25) is 10.00 Å². The number of benzene rings is 2. The molecule has 2 aromatic carbocycles. The number of aromatic nitrogens is 3. The predicted molar refractivity (Wildman–Crippen MR) is 114 cm³/mol. The quantitative estimate of drug-likeness (QED) is 0.516. The van der Waals surface area contributed by atoms with Gasteiger partial charge in [0.1, 0.15) is 0 Å². The molecule has 4 nitrogen and oxygen atoms in total. The van der Waals surface area contributed by atoms with E-state index in [1.54, 1.807) is 0 Å². The molecule has 28 heavy (non-hydrogen) atoms. The Morgan fingerprint density at radius 1 is 1.11 bits per heavy atom. The van der Waals surface area contributed by atoms with Crippen molar-refractivity contribution in [3.05, 3.63) is 77.7 Å². The molecule has 3 heterocycles. The molecule has 2 aromatic heterocycles. The monoisotopic (exact) mass is 370 g/mol. The van der Waals surface area contributed by atoms with Crippen molar-refractivity contribution in [2.45, 2.75) is 32.2 Å². The molecule has 4 aromatic rings. The smallest absolute Gasteiger partial charge is 0.0568 e. The Morgan fingerprint density at radius 2 is 1.96 bits per heavy atom. The van der Waals surface area contributed by atoms with Gasteiger partial charge in [-0.2, -0.15) is 5.10 Å². The molecular formula is C24H26N4. The van der Waals surface area contributed by atoms with Crippen molar-refractivity contribution in [3.8, 4) is 11.1 Å². The van der Waals surface area contributed by atoms with E-state index in [1.807, 2.05) is 6.20 Å². The van der Waals surface area contributed by atoms with Crippen LogP contribution in [0.15, 0.2) is 60.8 Å². The highest BCUT2D eigenvalue weighted by atomic mass is 15.2. The summed E-state index contributed by atoms with van der Waals surface area (Å²) < 4.78 is 0. The second kappa shape index (κ2) is 7.28. The molecule has 1 aliphatic rings. The Labute approximate surface area is 165 Å². The number of para-hydroxylation sites is 1. The molecule has 1 atom stereocenters. The first kappa shape index (κ1) is 17.3. The topological polar surface area (TPSA) is 47.7 Å². The molecule has 1 aliphatic heterocycles. The third-order valence-electron chi connectivity index (χ3n) is 5.92. The largest absolute Gasteiger partial charge is 0.357 e. The number of nitrogens with one attached hydrogen (secondary N) is 2. The van der Waals surface area contributed by atoms with E-state index in [0.717, 1.165) is 19.6 Å². The van der Waals surface area contributed by atoms with Crippen LogP contribution in [-0.4, -0.2) is 33.2 Å². The number of aryl methyl sites for hydroxylation is 1. The molecule has 142 valence electrons. The van der Waals surface area contributed by atoms with Gasteiger partial charge in [0.05, 0.1) is 6.20 Å². The Balaban J connectivity index is 1.35. The van der Waals surface area contributed by atoms with E-state index < -0.39 is 0 Å². The Morgan fingerprint density at radius 3 is 2.82 bits per heavy atom. The number of H-pyrrole nitrogens is 2. The summed E-state index contributed by atoms with van der Waals surface area (Å²) in [7, 11) is 0. The lowest BCUT2D eigenvalue weighted by Crippen LogP contribution is -2.34. The second-order valence-electron chi connectivity index (χ2n) is 8.02. The molecule has 1 fully saturated rings.